The van der Waals surface area contributed by atoms with E-state index in [-0.39, 0.29) is 5.38 Å². The van der Waals surface area contributed by atoms with Crippen LogP contribution in [0, 0.1) is 0 Å². The van der Waals surface area contributed by atoms with E-state index in [1.165, 1.54) is 0 Å². The molecule has 0 spiro atoms. The molecule has 1 heterocycles. The summed E-state index contributed by atoms with van der Waals surface area (Å²) in [7, 11) is 1.89. The van der Waals surface area contributed by atoms with Crippen molar-refractivity contribution >= 4 is 11.6 Å². The largest absolute Gasteiger partial charge is 0.310 e. The lowest BCUT2D eigenvalue weighted by Crippen LogP contribution is -2.20. The summed E-state index contributed by atoms with van der Waals surface area (Å²) in [6.45, 7) is 3.78. The number of halogens is 1. The summed E-state index contributed by atoms with van der Waals surface area (Å²) in [5.74, 6) is 0.952. The molecular weight excluding hydrogens is 200 g/mol. The van der Waals surface area contributed by atoms with Gasteiger partial charge in [-0.1, -0.05) is 6.92 Å². The number of hydrogen-bond acceptors (Lipinski definition) is 3. The third-order valence-corrected chi connectivity index (χ3v) is 2.69. The summed E-state index contributed by atoms with van der Waals surface area (Å²) in [5, 5.41) is 7.55. The van der Waals surface area contributed by atoms with Crippen molar-refractivity contribution in [1.29, 1.82) is 0 Å². The Bertz CT molecular complexity index is 261. The van der Waals surface area contributed by atoms with Crippen LogP contribution in [0.25, 0.3) is 0 Å². The van der Waals surface area contributed by atoms with Crippen molar-refractivity contribution in [3.05, 3.63) is 12.2 Å². The standard InChI is InChI=1S/C9H17ClN4/c1-3-8(10)4-5-11-6-9-12-7-13-14(9)2/h7-8,11H,3-6H2,1-2H3. The van der Waals surface area contributed by atoms with Gasteiger partial charge < -0.3 is 5.32 Å². The number of aromatic nitrogens is 3. The van der Waals surface area contributed by atoms with E-state index in [9.17, 15) is 0 Å². The fourth-order valence-electron chi connectivity index (χ4n) is 1.14. The number of alkyl halides is 1. The Labute approximate surface area is 89.7 Å². The van der Waals surface area contributed by atoms with Gasteiger partial charge in [0.15, 0.2) is 0 Å². The molecule has 14 heavy (non-hydrogen) atoms. The first kappa shape index (κ1) is 11.5. The molecule has 0 amide bonds. The molecule has 0 aliphatic rings. The van der Waals surface area contributed by atoms with Gasteiger partial charge >= 0.3 is 0 Å². The van der Waals surface area contributed by atoms with E-state index >= 15 is 0 Å². The van der Waals surface area contributed by atoms with Crippen molar-refractivity contribution < 1.29 is 0 Å². The maximum atomic E-state index is 5.98. The van der Waals surface area contributed by atoms with E-state index in [0.29, 0.717) is 0 Å². The molecule has 1 aromatic heterocycles. The van der Waals surface area contributed by atoms with E-state index in [1.807, 2.05) is 7.05 Å². The highest BCUT2D eigenvalue weighted by Gasteiger charge is 2.02. The number of aryl methyl sites for hydroxylation is 1. The van der Waals surface area contributed by atoms with Crippen LogP contribution >= 0.6 is 11.6 Å². The van der Waals surface area contributed by atoms with Crippen LogP contribution in [0.15, 0.2) is 6.33 Å². The summed E-state index contributed by atoms with van der Waals surface area (Å²) >= 11 is 5.98. The second-order valence-corrected chi connectivity index (χ2v) is 3.89. The van der Waals surface area contributed by atoms with Gasteiger partial charge in [0.2, 0.25) is 0 Å². The maximum Gasteiger partial charge on any atom is 0.140 e. The molecule has 5 heteroatoms. The van der Waals surface area contributed by atoms with Gasteiger partial charge in [0, 0.05) is 12.4 Å². The van der Waals surface area contributed by atoms with Gasteiger partial charge in [0.1, 0.15) is 12.2 Å². The van der Waals surface area contributed by atoms with E-state index in [1.54, 1.807) is 11.0 Å². The molecule has 1 N–H and O–H groups in total. The maximum absolute atomic E-state index is 5.98. The van der Waals surface area contributed by atoms with E-state index in [0.717, 1.165) is 31.8 Å². The Hall–Kier alpha value is -0.610. The van der Waals surface area contributed by atoms with Gasteiger partial charge in [0.25, 0.3) is 0 Å². The van der Waals surface area contributed by atoms with Crippen LogP contribution in [0.3, 0.4) is 0 Å². The zero-order valence-electron chi connectivity index (χ0n) is 8.70. The molecule has 0 aliphatic heterocycles. The number of rotatable bonds is 6. The first-order valence-corrected chi connectivity index (χ1v) is 5.35. The minimum absolute atomic E-state index is 0.280. The van der Waals surface area contributed by atoms with Crippen LogP contribution < -0.4 is 5.32 Å². The number of nitrogens with one attached hydrogen (secondary N) is 1. The predicted octanol–water partition coefficient (Wildman–Crippen LogP) is 1.31. The Morgan fingerprint density at radius 1 is 1.64 bits per heavy atom. The lowest BCUT2D eigenvalue weighted by molar-refractivity contribution is 0.583. The second kappa shape index (κ2) is 5.98. The van der Waals surface area contributed by atoms with Crippen LogP contribution in [0.2, 0.25) is 0 Å². The van der Waals surface area contributed by atoms with E-state index in [2.05, 4.69) is 22.3 Å². The van der Waals surface area contributed by atoms with Crippen LogP contribution in [0.4, 0.5) is 0 Å². The highest BCUT2D eigenvalue weighted by atomic mass is 35.5. The average Bonchev–Trinajstić information content (AvgIpc) is 2.58. The highest BCUT2D eigenvalue weighted by molar-refractivity contribution is 6.20. The molecule has 0 aliphatic carbocycles. The monoisotopic (exact) mass is 216 g/mol. The summed E-state index contributed by atoms with van der Waals surface area (Å²) in [4.78, 5) is 4.11. The molecule has 80 valence electrons. The molecule has 0 radical (unpaired) electrons. The average molecular weight is 217 g/mol. The summed E-state index contributed by atoms with van der Waals surface area (Å²) in [6.07, 6.45) is 3.58. The molecule has 0 aromatic carbocycles. The molecule has 1 unspecified atom stereocenters. The minimum atomic E-state index is 0.280. The van der Waals surface area contributed by atoms with Crippen molar-refractivity contribution in [3.63, 3.8) is 0 Å². The molecular formula is C9H17ClN4. The van der Waals surface area contributed by atoms with E-state index < -0.39 is 0 Å². The fourth-order valence-corrected chi connectivity index (χ4v) is 1.25. The Kier molecular flexibility index (Phi) is 4.90. The zero-order valence-corrected chi connectivity index (χ0v) is 9.46. The number of hydrogen-bond donors (Lipinski definition) is 1. The van der Waals surface area contributed by atoms with Crippen LogP contribution in [-0.2, 0) is 13.6 Å². The minimum Gasteiger partial charge on any atom is -0.310 e. The SMILES string of the molecule is CCC(Cl)CCNCc1ncnn1C. The van der Waals surface area contributed by atoms with Crippen molar-refractivity contribution in [3.8, 4) is 0 Å². The fraction of sp³-hybridized carbons (Fsp3) is 0.778. The van der Waals surface area contributed by atoms with Crippen molar-refractivity contribution in [2.45, 2.75) is 31.7 Å². The van der Waals surface area contributed by atoms with Crippen molar-refractivity contribution in [2.24, 2.45) is 7.05 Å². The molecule has 0 bridgehead atoms. The zero-order chi connectivity index (χ0) is 10.4. The van der Waals surface area contributed by atoms with Gasteiger partial charge in [-0.3, -0.25) is 4.68 Å². The van der Waals surface area contributed by atoms with Crippen molar-refractivity contribution in [2.75, 3.05) is 6.54 Å². The molecule has 0 saturated heterocycles. The molecule has 1 atom stereocenters. The van der Waals surface area contributed by atoms with Crippen LogP contribution in [0.1, 0.15) is 25.6 Å². The lowest BCUT2D eigenvalue weighted by Gasteiger charge is -2.07. The van der Waals surface area contributed by atoms with Crippen LogP contribution in [-0.4, -0.2) is 26.7 Å². The number of nitrogens with zero attached hydrogens (tertiary/aromatic N) is 3. The summed E-state index contributed by atoms with van der Waals surface area (Å²) < 4.78 is 1.77. The van der Waals surface area contributed by atoms with Gasteiger partial charge in [-0.05, 0) is 19.4 Å². The molecule has 4 nitrogen and oxygen atoms in total. The predicted molar refractivity (Wildman–Crippen MR) is 57.3 cm³/mol. The first-order chi connectivity index (χ1) is 6.74. The van der Waals surface area contributed by atoms with E-state index in [4.69, 9.17) is 11.6 Å². The third-order valence-electron chi connectivity index (χ3n) is 2.17. The smallest absolute Gasteiger partial charge is 0.140 e. The van der Waals surface area contributed by atoms with Gasteiger partial charge in [-0.15, -0.1) is 11.6 Å². The highest BCUT2D eigenvalue weighted by Crippen LogP contribution is 2.04. The third kappa shape index (κ3) is 3.64. The van der Waals surface area contributed by atoms with Gasteiger partial charge in [0.05, 0.1) is 6.54 Å². The Morgan fingerprint density at radius 3 is 3.00 bits per heavy atom. The second-order valence-electron chi connectivity index (χ2n) is 3.27. The van der Waals surface area contributed by atoms with Crippen LogP contribution in [0.5, 0.6) is 0 Å². The van der Waals surface area contributed by atoms with Gasteiger partial charge in [-0.2, -0.15) is 5.10 Å². The normalized spacial score (nSPS) is 13.1. The summed E-state index contributed by atoms with van der Waals surface area (Å²) in [5.41, 5.74) is 0. The van der Waals surface area contributed by atoms with Gasteiger partial charge in [-0.25, -0.2) is 4.98 Å². The quantitative estimate of drug-likeness (QED) is 0.576. The molecule has 1 aromatic rings. The Morgan fingerprint density at radius 2 is 2.43 bits per heavy atom. The van der Waals surface area contributed by atoms with Crippen molar-refractivity contribution in [1.82, 2.24) is 20.1 Å². The first-order valence-electron chi connectivity index (χ1n) is 4.91. The molecule has 0 fully saturated rings. The lowest BCUT2D eigenvalue weighted by atomic mass is 10.2. The molecule has 0 saturated carbocycles. The summed E-state index contributed by atoms with van der Waals surface area (Å²) in [6, 6.07) is 0. The Balaban J connectivity index is 2.13. The topological polar surface area (TPSA) is 42.7 Å². The molecule has 1 rings (SSSR count).